The van der Waals surface area contributed by atoms with Crippen LogP contribution in [-0.4, -0.2) is 40.1 Å². The van der Waals surface area contributed by atoms with Crippen molar-refractivity contribution >= 4 is 34.2 Å². The topological polar surface area (TPSA) is 75.0 Å². The minimum atomic E-state index is -0.0456. The largest absolute Gasteiger partial charge is 0.337 e. The molecule has 2 aliphatic rings. The number of aromatic nitrogens is 2. The highest BCUT2D eigenvalue weighted by Gasteiger charge is 2.37. The third kappa shape index (κ3) is 3.12. The number of nitrogens with one attached hydrogen (secondary N) is 1. The molecule has 1 saturated heterocycles. The van der Waals surface area contributed by atoms with Crippen molar-refractivity contribution in [1.29, 1.82) is 0 Å². The Labute approximate surface area is 139 Å². The van der Waals surface area contributed by atoms with Crippen LogP contribution in [0.5, 0.6) is 0 Å². The summed E-state index contributed by atoms with van der Waals surface area (Å²) in [6, 6.07) is 0.149. The van der Waals surface area contributed by atoms with E-state index >= 15 is 0 Å². The third-order valence-electron chi connectivity index (χ3n) is 4.52. The highest BCUT2D eigenvalue weighted by atomic mass is 79.9. The van der Waals surface area contributed by atoms with Crippen LogP contribution in [0, 0.1) is 5.41 Å². The number of hydrogen-bond donors (Lipinski definition) is 2. The molecule has 3 rings (SSSR count). The minimum absolute atomic E-state index is 0. The molecule has 2 heterocycles. The molecule has 7 heteroatoms. The molecule has 0 aromatic carbocycles. The van der Waals surface area contributed by atoms with Gasteiger partial charge in [0.1, 0.15) is 0 Å². The number of amides is 1. The number of likely N-dealkylation sites (tertiary alicyclic amines) is 1. The number of halogens is 2. The molecule has 21 heavy (non-hydrogen) atoms. The summed E-state index contributed by atoms with van der Waals surface area (Å²) >= 11 is 3.53. The summed E-state index contributed by atoms with van der Waals surface area (Å²) < 4.78 is 0.845. The van der Waals surface area contributed by atoms with E-state index in [1.165, 1.54) is 12.8 Å². The second-order valence-corrected chi connectivity index (χ2v) is 7.48. The summed E-state index contributed by atoms with van der Waals surface area (Å²) in [7, 11) is 0. The van der Waals surface area contributed by atoms with Gasteiger partial charge in [-0.25, -0.2) is 0 Å². The fraction of sp³-hybridized carbons (Fsp3) is 0.714. The van der Waals surface area contributed by atoms with Crippen molar-refractivity contribution in [3.63, 3.8) is 0 Å². The van der Waals surface area contributed by atoms with Gasteiger partial charge in [0.25, 0.3) is 5.91 Å². The second-order valence-electron chi connectivity index (χ2n) is 6.68. The van der Waals surface area contributed by atoms with E-state index in [1.807, 2.05) is 4.90 Å². The van der Waals surface area contributed by atoms with E-state index in [0.29, 0.717) is 24.7 Å². The normalized spacial score (nSPS) is 24.6. The summed E-state index contributed by atoms with van der Waals surface area (Å²) in [5.41, 5.74) is 7.66. The van der Waals surface area contributed by atoms with Gasteiger partial charge in [0.2, 0.25) is 0 Å². The first-order valence-electron chi connectivity index (χ1n) is 7.19. The standard InChI is InChI=1S/C14H21BrN4O.ClH/c1-14(2)7-19(6-5-9(14)16)13(20)12-10(15)11(17-18-12)8-3-4-8;/h8-9H,3-7,16H2,1-2H3,(H,17,18);1H. The number of carbonyl (C=O) groups is 1. The SMILES string of the molecule is CC1(C)CN(C(=O)c2n[nH]c(C3CC3)c2Br)CCC1N.Cl. The zero-order valence-corrected chi connectivity index (χ0v) is 14.8. The van der Waals surface area contributed by atoms with Crippen LogP contribution < -0.4 is 5.73 Å². The highest BCUT2D eigenvalue weighted by Crippen LogP contribution is 2.43. The van der Waals surface area contributed by atoms with E-state index in [-0.39, 0.29) is 29.8 Å². The molecule has 118 valence electrons. The Morgan fingerprint density at radius 3 is 2.67 bits per heavy atom. The Morgan fingerprint density at radius 1 is 1.43 bits per heavy atom. The van der Waals surface area contributed by atoms with Crippen LogP contribution in [0.15, 0.2) is 4.47 Å². The second kappa shape index (κ2) is 5.89. The quantitative estimate of drug-likeness (QED) is 0.832. The smallest absolute Gasteiger partial charge is 0.275 e. The zero-order chi connectivity index (χ0) is 14.5. The highest BCUT2D eigenvalue weighted by molar-refractivity contribution is 9.10. The molecular weight excluding hydrogens is 356 g/mol. The van der Waals surface area contributed by atoms with Crippen molar-refractivity contribution < 1.29 is 4.79 Å². The molecule has 5 nitrogen and oxygen atoms in total. The van der Waals surface area contributed by atoms with Crippen LogP contribution in [0.25, 0.3) is 0 Å². The number of hydrogen-bond acceptors (Lipinski definition) is 3. The van der Waals surface area contributed by atoms with Crippen molar-refractivity contribution in [3.05, 3.63) is 15.9 Å². The van der Waals surface area contributed by atoms with Crippen molar-refractivity contribution in [1.82, 2.24) is 15.1 Å². The monoisotopic (exact) mass is 376 g/mol. The van der Waals surface area contributed by atoms with Crippen LogP contribution >= 0.6 is 28.3 Å². The van der Waals surface area contributed by atoms with Crippen molar-refractivity contribution in [3.8, 4) is 0 Å². The van der Waals surface area contributed by atoms with Crippen LogP contribution in [0.4, 0.5) is 0 Å². The number of rotatable bonds is 2. The maximum absolute atomic E-state index is 12.6. The molecule has 0 radical (unpaired) electrons. The Kier molecular flexibility index (Phi) is 4.71. The van der Waals surface area contributed by atoms with E-state index in [1.54, 1.807) is 0 Å². The van der Waals surface area contributed by atoms with Crippen LogP contribution in [0.3, 0.4) is 0 Å². The molecule has 1 saturated carbocycles. The van der Waals surface area contributed by atoms with Crippen molar-refractivity contribution in [2.24, 2.45) is 11.1 Å². The summed E-state index contributed by atoms with van der Waals surface area (Å²) in [6.07, 6.45) is 3.20. The molecule has 0 spiro atoms. The number of nitrogens with two attached hydrogens (primary N) is 1. The van der Waals surface area contributed by atoms with Crippen molar-refractivity contribution in [2.45, 2.75) is 45.1 Å². The van der Waals surface area contributed by atoms with Gasteiger partial charge in [-0.2, -0.15) is 5.10 Å². The number of aromatic amines is 1. The Hall–Kier alpha value is -0.590. The van der Waals surface area contributed by atoms with Gasteiger partial charge in [-0.05, 0) is 40.6 Å². The summed E-state index contributed by atoms with van der Waals surface area (Å²) in [5.74, 6) is 0.546. The maximum atomic E-state index is 12.6. The number of piperidine rings is 1. The van der Waals surface area contributed by atoms with E-state index in [2.05, 4.69) is 40.0 Å². The van der Waals surface area contributed by atoms with Gasteiger partial charge in [-0.1, -0.05) is 13.8 Å². The molecule has 1 aliphatic heterocycles. The molecule has 3 N–H and O–H groups in total. The molecular formula is C14H22BrClN4O. The molecule has 2 fully saturated rings. The van der Waals surface area contributed by atoms with E-state index in [0.717, 1.165) is 16.6 Å². The van der Waals surface area contributed by atoms with E-state index < -0.39 is 0 Å². The average Bonchev–Trinajstić information content (AvgIpc) is 3.15. The van der Waals surface area contributed by atoms with Crippen LogP contribution in [-0.2, 0) is 0 Å². The summed E-state index contributed by atoms with van der Waals surface area (Å²) in [5, 5.41) is 7.24. The molecule has 1 unspecified atom stereocenters. The fourth-order valence-electron chi connectivity index (χ4n) is 2.82. The van der Waals surface area contributed by atoms with Gasteiger partial charge >= 0.3 is 0 Å². The third-order valence-corrected chi connectivity index (χ3v) is 5.32. The van der Waals surface area contributed by atoms with Gasteiger partial charge in [0, 0.05) is 25.0 Å². The fourth-order valence-corrected chi connectivity index (χ4v) is 3.49. The molecule has 1 aromatic rings. The first-order chi connectivity index (χ1) is 9.40. The van der Waals surface area contributed by atoms with E-state index in [9.17, 15) is 4.79 Å². The van der Waals surface area contributed by atoms with Gasteiger partial charge in [0.05, 0.1) is 10.2 Å². The maximum Gasteiger partial charge on any atom is 0.275 e. The summed E-state index contributed by atoms with van der Waals surface area (Å²) in [6.45, 7) is 5.63. The molecule has 1 aliphatic carbocycles. The van der Waals surface area contributed by atoms with E-state index in [4.69, 9.17) is 5.73 Å². The zero-order valence-electron chi connectivity index (χ0n) is 12.4. The van der Waals surface area contributed by atoms with Gasteiger partial charge in [-0.3, -0.25) is 9.89 Å². The Bertz CT molecular complexity index is 541. The van der Waals surface area contributed by atoms with Gasteiger partial charge in [-0.15, -0.1) is 12.4 Å². The van der Waals surface area contributed by atoms with Crippen LogP contribution in [0.1, 0.15) is 55.2 Å². The molecule has 1 atom stereocenters. The lowest BCUT2D eigenvalue weighted by Gasteiger charge is -2.42. The van der Waals surface area contributed by atoms with Crippen molar-refractivity contribution in [2.75, 3.05) is 13.1 Å². The lowest BCUT2D eigenvalue weighted by molar-refractivity contribution is 0.0526. The Morgan fingerprint density at radius 2 is 2.10 bits per heavy atom. The van der Waals surface area contributed by atoms with Gasteiger partial charge < -0.3 is 10.6 Å². The average molecular weight is 378 g/mol. The molecule has 0 bridgehead atoms. The Balaban J connectivity index is 0.00000161. The number of carbonyl (C=O) groups excluding carboxylic acids is 1. The first kappa shape index (κ1) is 16.8. The minimum Gasteiger partial charge on any atom is -0.337 e. The summed E-state index contributed by atoms with van der Waals surface area (Å²) in [4.78, 5) is 14.5. The number of H-pyrrole nitrogens is 1. The first-order valence-corrected chi connectivity index (χ1v) is 7.98. The van der Waals surface area contributed by atoms with Gasteiger partial charge in [0.15, 0.2) is 5.69 Å². The number of nitrogens with zero attached hydrogens (tertiary/aromatic N) is 2. The molecule has 1 amide bonds. The lowest BCUT2D eigenvalue weighted by Crippen LogP contribution is -2.54. The van der Waals surface area contributed by atoms with Crippen LogP contribution in [0.2, 0.25) is 0 Å². The lowest BCUT2D eigenvalue weighted by atomic mass is 9.79. The predicted octanol–water partition coefficient (Wildman–Crippen LogP) is 2.67. The molecule has 1 aromatic heterocycles. The predicted molar refractivity (Wildman–Crippen MR) is 87.8 cm³/mol.